The number of nitrogens with one attached hydrogen (secondary N) is 2. The Balaban J connectivity index is 0.00000166. The van der Waals surface area contributed by atoms with E-state index in [9.17, 15) is 18.0 Å². The Morgan fingerprint density at radius 3 is 2.48 bits per heavy atom. The largest absolute Gasteiger partial charge is 0.350 e. The minimum atomic E-state index is -1.31. The number of aryl methyl sites for hydroxylation is 1. The van der Waals surface area contributed by atoms with Gasteiger partial charge in [0.2, 0.25) is 0 Å². The van der Waals surface area contributed by atoms with Crippen LogP contribution in [0.15, 0.2) is 30.3 Å². The summed E-state index contributed by atoms with van der Waals surface area (Å²) in [5.41, 5.74) is 1.94. The zero-order chi connectivity index (χ0) is 23.2. The summed E-state index contributed by atoms with van der Waals surface area (Å²) < 4.78 is 53.1. The van der Waals surface area contributed by atoms with Gasteiger partial charge < -0.3 is 14.8 Å². The Hall–Kier alpha value is -2.62. The maximum atomic E-state index is 14.4. The van der Waals surface area contributed by atoms with Crippen molar-refractivity contribution in [1.82, 2.24) is 5.48 Å². The van der Waals surface area contributed by atoms with Gasteiger partial charge in [0.15, 0.2) is 17.4 Å². The third-order valence-electron chi connectivity index (χ3n) is 4.23. The van der Waals surface area contributed by atoms with Crippen LogP contribution in [0.1, 0.15) is 43.6 Å². The maximum Gasteiger partial charge on any atom is 0.277 e. The predicted octanol–water partition coefficient (Wildman–Crippen LogP) is 5.00. The van der Waals surface area contributed by atoms with Crippen LogP contribution in [-0.2, 0) is 14.3 Å². The summed E-state index contributed by atoms with van der Waals surface area (Å²) in [4.78, 5) is 17.5. The lowest BCUT2D eigenvalue weighted by molar-refractivity contribution is -0.147. The molecule has 0 aliphatic carbocycles. The number of carbonyl (C=O) groups excluding carboxylic acids is 1. The van der Waals surface area contributed by atoms with Crippen LogP contribution in [0.2, 0.25) is 0 Å². The quantitative estimate of drug-likeness (QED) is 0.619. The molecule has 0 aromatic heterocycles. The molecule has 2 aromatic carbocycles. The van der Waals surface area contributed by atoms with Gasteiger partial charge in [0.25, 0.3) is 5.91 Å². The topological polar surface area (TPSA) is 68.8 Å². The Bertz CT molecular complexity index is 922. The first-order valence-electron chi connectivity index (χ1n) is 9.91. The molecule has 1 aliphatic rings. The summed E-state index contributed by atoms with van der Waals surface area (Å²) in [5.74, 6) is -4.75. The number of amides is 1. The second-order valence-corrected chi connectivity index (χ2v) is 7.09. The van der Waals surface area contributed by atoms with Crippen LogP contribution in [0.25, 0.3) is 0 Å². The van der Waals surface area contributed by atoms with Crippen molar-refractivity contribution in [3.05, 3.63) is 58.9 Å². The molecule has 1 aliphatic heterocycles. The van der Waals surface area contributed by atoms with Gasteiger partial charge in [-0.25, -0.2) is 18.7 Å². The predicted molar refractivity (Wildman–Crippen MR) is 110 cm³/mol. The molecular formula is C22H27F3N2O4. The number of rotatable bonds is 6. The van der Waals surface area contributed by atoms with Crippen molar-refractivity contribution in [2.45, 2.75) is 46.5 Å². The maximum absolute atomic E-state index is 14.4. The molecule has 0 spiro atoms. The highest BCUT2D eigenvalue weighted by Crippen LogP contribution is 2.28. The molecule has 6 nitrogen and oxygen atoms in total. The first kappa shape index (κ1) is 24.6. The van der Waals surface area contributed by atoms with Gasteiger partial charge in [-0.1, -0.05) is 19.9 Å². The number of hydroxylamine groups is 1. The fourth-order valence-electron chi connectivity index (χ4n) is 2.82. The molecule has 0 saturated carbocycles. The average molecular weight is 440 g/mol. The number of halogens is 3. The first-order valence-corrected chi connectivity index (χ1v) is 9.91. The highest BCUT2D eigenvalue weighted by molar-refractivity contribution is 6.00. The van der Waals surface area contributed by atoms with Gasteiger partial charge >= 0.3 is 0 Å². The summed E-state index contributed by atoms with van der Waals surface area (Å²) in [7, 11) is 0. The van der Waals surface area contributed by atoms with Crippen molar-refractivity contribution >= 4 is 17.3 Å². The molecule has 1 heterocycles. The van der Waals surface area contributed by atoms with E-state index in [-0.39, 0.29) is 24.5 Å². The molecule has 31 heavy (non-hydrogen) atoms. The fourth-order valence-corrected chi connectivity index (χ4v) is 2.82. The average Bonchev–Trinajstić information content (AvgIpc) is 3.07. The summed E-state index contributed by atoms with van der Waals surface area (Å²) in [6.07, 6.45) is -0.394. The molecule has 1 saturated heterocycles. The van der Waals surface area contributed by atoms with Gasteiger partial charge in [-0.05, 0) is 50.6 Å². The molecule has 1 fully saturated rings. The van der Waals surface area contributed by atoms with E-state index in [2.05, 4.69) is 10.8 Å². The van der Waals surface area contributed by atoms with E-state index in [0.29, 0.717) is 5.56 Å². The molecular weight excluding hydrogens is 413 g/mol. The molecule has 1 atom stereocenters. The number of ether oxygens (including phenoxy) is 2. The molecule has 1 amide bonds. The van der Waals surface area contributed by atoms with Crippen molar-refractivity contribution in [2.24, 2.45) is 0 Å². The second kappa shape index (κ2) is 10.6. The molecule has 0 radical (unpaired) electrons. The highest BCUT2D eigenvalue weighted by atomic mass is 19.2. The lowest BCUT2D eigenvalue weighted by Crippen LogP contribution is -2.31. The van der Waals surface area contributed by atoms with Gasteiger partial charge in [0, 0.05) is 0 Å². The molecule has 3 rings (SSSR count). The van der Waals surface area contributed by atoms with E-state index >= 15 is 0 Å². The lowest BCUT2D eigenvalue weighted by Gasteiger charge is -2.17. The summed E-state index contributed by atoms with van der Waals surface area (Å²) >= 11 is 0. The normalized spacial score (nSPS) is 17.0. The highest BCUT2D eigenvalue weighted by Gasteiger charge is 2.33. The van der Waals surface area contributed by atoms with Crippen LogP contribution in [0.4, 0.5) is 24.5 Å². The van der Waals surface area contributed by atoms with Gasteiger partial charge in [-0.3, -0.25) is 9.63 Å². The van der Waals surface area contributed by atoms with E-state index < -0.39 is 40.9 Å². The molecule has 9 heteroatoms. The summed E-state index contributed by atoms with van der Waals surface area (Å²) in [6.45, 7) is 9.46. The van der Waals surface area contributed by atoms with Crippen LogP contribution in [-0.4, -0.2) is 31.0 Å². The van der Waals surface area contributed by atoms with Crippen molar-refractivity contribution in [3.8, 4) is 0 Å². The van der Waals surface area contributed by atoms with E-state index in [0.717, 1.165) is 12.1 Å². The monoisotopic (exact) mass is 440 g/mol. The molecule has 2 aromatic rings. The zero-order valence-corrected chi connectivity index (χ0v) is 18.1. The van der Waals surface area contributed by atoms with Crippen LogP contribution >= 0.6 is 0 Å². The smallest absolute Gasteiger partial charge is 0.277 e. The molecule has 170 valence electrons. The summed E-state index contributed by atoms with van der Waals surface area (Å²) in [5, 5.41) is 2.45. The first-order chi connectivity index (χ1) is 14.7. The van der Waals surface area contributed by atoms with Gasteiger partial charge in [-0.15, -0.1) is 0 Å². The van der Waals surface area contributed by atoms with Gasteiger partial charge in [-0.2, -0.15) is 0 Å². The molecule has 2 N–H and O–H groups in total. The van der Waals surface area contributed by atoms with Crippen LogP contribution in [0.5, 0.6) is 0 Å². The van der Waals surface area contributed by atoms with E-state index in [1.54, 1.807) is 26.8 Å². The number of benzene rings is 2. The second-order valence-electron chi connectivity index (χ2n) is 7.09. The number of anilines is 2. The van der Waals surface area contributed by atoms with Crippen molar-refractivity contribution < 1.29 is 32.3 Å². The zero-order valence-electron chi connectivity index (χ0n) is 18.1. The number of hydrogen-bond donors (Lipinski definition) is 2. The third-order valence-corrected chi connectivity index (χ3v) is 4.23. The van der Waals surface area contributed by atoms with Crippen molar-refractivity contribution in [2.75, 3.05) is 18.5 Å². The Morgan fingerprint density at radius 1 is 1.16 bits per heavy atom. The minimum Gasteiger partial charge on any atom is -0.350 e. The van der Waals surface area contributed by atoms with Crippen molar-refractivity contribution in [1.29, 1.82) is 0 Å². The van der Waals surface area contributed by atoms with E-state index in [4.69, 9.17) is 14.3 Å². The SMILES string of the molecule is CC.Cc1ccc(Nc2c(C(=O)NOCC3COC(C)(C)O3)ccc(F)c2F)c(F)c1. The fraction of sp³-hybridized carbons (Fsp3) is 0.409. The van der Waals surface area contributed by atoms with Gasteiger partial charge in [0.05, 0.1) is 23.5 Å². The lowest BCUT2D eigenvalue weighted by atomic mass is 10.1. The van der Waals surface area contributed by atoms with Crippen LogP contribution in [0, 0.1) is 24.4 Å². The minimum absolute atomic E-state index is 0.00575. The van der Waals surface area contributed by atoms with Gasteiger partial charge in [0.1, 0.15) is 18.5 Å². The Labute approximate surface area is 179 Å². The van der Waals surface area contributed by atoms with Crippen molar-refractivity contribution in [3.63, 3.8) is 0 Å². The summed E-state index contributed by atoms with van der Waals surface area (Å²) in [6, 6.07) is 6.07. The molecule has 1 unspecified atom stereocenters. The van der Waals surface area contributed by atoms with Crippen LogP contribution < -0.4 is 10.8 Å². The standard InChI is InChI=1S/C20H21F3N2O4.C2H6/c1-11-4-7-16(15(22)8-11)24-18-13(5-6-14(21)17(18)23)19(26)25-28-10-12-9-27-20(2,3)29-12;1-2/h4-8,12,24H,9-10H2,1-3H3,(H,25,26);1-2H3. The van der Waals surface area contributed by atoms with E-state index in [1.807, 2.05) is 13.8 Å². The Morgan fingerprint density at radius 2 is 1.87 bits per heavy atom. The number of hydrogen-bond acceptors (Lipinski definition) is 5. The van der Waals surface area contributed by atoms with Crippen LogP contribution in [0.3, 0.4) is 0 Å². The third kappa shape index (κ3) is 6.43. The number of carbonyl (C=O) groups is 1. The Kier molecular flexibility index (Phi) is 8.43. The van der Waals surface area contributed by atoms with E-state index in [1.165, 1.54) is 12.1 Å². The molecule has 0 bridgehead atoms.